The van der Waals surface area contributed by atoms with E-state index in [1.165, 1.54) is 89.2 Å². The number of nitrogens with zero attached hydrogens (tertiary/aromatic N) is 1. The third kappa shape index (κ3) is 14.7. The minimum Gasteiger partial charge on any atom is -0.506 e. The molecule has 0 spiro atoms. The molecule has 3 N–H and O–H groups in total. The van der Waals surface area contributed by atoms with Crippen molar-refractivity contribution in [1.82, 2.24) is 0 Å². The fourth-order valence-electron chi connectivity index (χ4n) is 4.45. The minimum absolute atomic E-state index is 0.0352. The lowest BCUT2D eigenvalue weighted by atomic mass is 9.96. The first-order valence-electron chi connectivity index (χ1n) is 13.8. The second kappa shape index (κ2) is 19.5. The third-order valence-electron chi connectivity index (χ3n) is 6.65. The van der Waals surface area contributed by atoms with Crippen molar-refractivity contribution in [2.45, 2.75) is 122 Å². The molecule has 204 valence electrons. The Labute approximate surface area is 216 Å². The van der Waals surface area contributed by atoms with Crippen molar-refractivity contribution in [2.24, 2.45) is 5.92 Å². The molecule has 0 saturated carbocycles. The molecular weight excluding hydrogens is 460 g/mol. The normalized spacial score (nSPS) is 11.8. The first-order chi connectivity index (χ1) is 17.3. The van der Waals surface area contributed by atoms with E-state index in [0.29, 0.717) is 6.42 Å². The SMILES string of the molecule is CCCCCCCCCCCCCCCCCC[C@@H](CC(=O)O)C(=O)Nc1ccc([N+](=O)[O-])cc1O. The molecule has 0 aliphatic heterocycles. The van der Waals surface area contributed by atoms with Gasteiger partial charge in [-0.15, -0.1) is 0 Å². The number of unbranched alkanes of at least 4 members (excludes halogenated alkanes) is 15. The number of benzene rings is 1. The number of nitro groups is 1. The summed E-state index contributed by atoms with van der Waals surface area (Å²) in [5, 5.41) is 32.4. The summed E-state index contributed by atoms with van der Waals surface area (Å²) in [4.78, 5) is 34.0. The molecule has 0 aromatic heterocycles. The number of carbonyl (C=O) groups excluding carboxylic acids is 1. The van der Waals surface area contributed by atoms with Crippen LogP contribution in [0.5, 0.6) is 5.75 Å². The number of carbonyl (C=O) groups is 2. The summed E-state index contributed by atoms with van der Waals surface area (Å²) in [6.07, 6.45) is 20.1. The summed E-state index contributed by atoms with van der Waals surface area (Å²) >= 11 is 0. The molecule has 1 aromatic carbocycles. The van der Waals surface area contributed by atoms with Gasteiger partial charge in [-0.25, -0.2) is 0 Å². The molecule has 0 bridgehead atoms. The molecule has 1 rings (SSSR count). The van der Waals surface area contributed by atoms with E-state index in [1.807, 2.05) is 0 Å². The summed E-state index contributed by atoms with van der Waals surface area (Å²) in [6.45, 7) is 2.25. The van der Waals surface area contributed by atoms with Gasteiger partial charge in [-0.05, 0) is 12.5 Å². The van der Waals surface area contributed by atoms with Gasteiger partial charge in [0.15, 0.2) is 0 Å². The molecule has 1 amide bonds. The number of hydrogen-bond acceptors (Lipinski definition) is 5. The summed E-state index contributed by atoms with van der Waals surface area (Å²) in [5.41, 5.74) is -0.256. The number of nitrogens with one attached hydrogen (secondary N) is 1. The molecule has 8 heteroatoms. The molecule has 0 aliphatic rings. The lowest BCUT2D eigenvalue weighted by Crippen LogP contribution is -2.25. The number of rotatable bonds is 22. The number of phenols is 1. The fourth-order valence-corrected chi connectivity index (χ4v) is 4.45. The van der Waals surface area contributed by atoms with E-state index in [-0.39, 0.29) is 17.8 Å². The van der Waals surface area contributed by atoms with E-state index in [2.05, 4.69) is 12.2 Å². The van der Waals surface area contributed by atoms with Crippen LogP contribution in [0.4, 0.5) is 11.4 Å². The largest absolute Gasteiger partial charge is 0.506 e. The van der Waals surface area contributed by atoms with Crippen LogP contribution in [0.15, 0.2) is 18.2 Å². The molecule has 0 unspecified atom stereocenters. The van der Waals surface area contributed by atoms with Gasteiger partial charge in [0.25, 0.3) is 5.69 Å². The predicted octanol–water partition coefficient (Wildman–Crippen LogP) is 7.98. The number of aliphatic carboxylic acids is 1. The van der Waals surface area contributed by atoms with Gasteiger partial charge in [-0.3, -0.25) is 19.7 Å². The maximum atomic E-state index is 12.6. The van der Waals surface area contributed by atoms with Crippen LogP contribution in [0.1, 0.15) is 122 Å². The average molecular weight is 507 g/mol. The van der Waals surface area contributed by atoms with Crippen LogP contribution in [-0.2, 0) is 9.59 Å². The van der Waals surface area contributed by atoms with E-state index < -0.39 is 28.5 Å². The molecule has 1 aromatic rings. The zero-order valence-electron chi connectivity index (χ0n) is 22.0. The maximum Gasteiger partial charge on any atom is 0.304 e. The van der Waals surface area contributed by atoms with Crippen LogP contribution in [-0.4, -0.2) is 27.0 Å². The summed E-state index contributed by atoms with van der Waals surface area (Å²) in [7, 11) is 0. The van der Waals surface area contributed by atoms with Crippen molar-refractivity contribution in [3.05, 3.63) is 28.3 Å². The summed E-state index contributed by atoms with van der Waals surface area (Å²) in [6, 6.07) is 3.38. The van der Waals surface area contributed by atoms with Gasteiger partial charge in [0.05, 0.1) is 23.1 Å². The van der Waals surface area contributed by atoms with Crippen LogP contribution in [0, 0.1) is 16.0 Å². The van der Waals surface area contributed by atoms with Gasteiger partial charge >= 0.3 is 5.97 Å². The molecular formula is C28H46N2O6. The van der Waals surface area contributed by atoms with Gasteiger partial charge in [-0.2, -0.15) is 0 Å². The van der Waals surface area contributed by atoms with E-state index >= 15 is 0 Å². The smallest absolute Gasteiger partial charge is 0.304 e. The Kier molecular flexibility index (Phi) is 17.0. The molecule has 36 heavy (non-hydrogen) atoms. The predicted molar refractivity (Wildman–Crippen MR) is 143 cm³/mol. The Balaban J connectivity index is 2.17. The van der Waals surface area contributed by atoms with Crippen LogP contribution < -0.4 is 5.32 Å². The Morgan fingerprint density at radius 3 is 1.75 bits per heavy atom. The Morgan fingerprint density at radius 1 is 0.861 bits per heavy atom. The highest BCUT2D eigenvalue weighted by Gasteiger charge is 2.23. The molecule has 0 aliphatic carbocycles. The molecule has 0 fully saturated rings. The minimum atomic E-state index is -1.06. The number of anilines is 1. The number of hydrogen-bond donors (Lipinski definition) is 3. The van der Waals surface area contributed by atoms with Crippen molar-refractivity contribution >= 4 is 23.3 Å². The standard InChI is InChI=1S/C28H46N2O6/c1-2-3-4-5-6-7-8-9-10-11-12-13-14-15-16-17-18-23(21-27(32)33)28(34)29-25-20-19-24(30(35)36)22-26(25)31/h19-20,22-23,31H,2-18,21H2,1H3,(H,29,34)(H,32,33)/t23-/m0/s1. The second-order valence-corrected chi connectivity index (χ2v) is 9.83. The number of carboxylic acid groups (broad SMARTS) is 1. The van der Waals surface area contributed by atoms with E-state index in [1.54, 1.807) is 0 Å². The van der Waals surface area contributed by atoms with Crippen molar-refractivity contribution in [3.63, 3.8) is 0 Å². The highest BCUT2D eigenvalue weighted by molar-refractivity contribution is 5.95. The Hall–Kier alpha value is -2.64. The third-order valence-corrected chi connectivity index (χ3v) is 6.65. The fraction of sp³-hybridized carbons (Fsp3) is 0.714. The van der Waals surface area contributed by atoms with Crippen molar-refractivity contribution in [3.8, 4) is 5.75 Å². The summed E-state index contributed by atoms with van der Waals surface area (Å²) < 4.78 is 0. The molecule has 1 atom stereocenters. The quantitative estimate of drug-likeness (QED) is 0.0632. The number of aromatic hydroxyl groups is 1. The van der Waals surface area contributed by atoms with E-state index in [4.69, 9.17) is 0 Å². The first kappa shape index (κ1) is 31.4. The van der Waals surface area contributed by atoms with Crippen molar-refractivity contribution in [1.29, 1.82) is 0 Å². The number of amides is 1. The summed E-state index contributed by atoms with van der Waals surface area (Å²) in [5.74, 6) is -2.69. The Morgan fingerprint density at radius 2 is 1.33 bits per heavy atom. The molecule has 8 nitrogen and oxygen atoms in total. The van der Waals surface area contributed by atoms with Crippen LogP contribution in [0.25, 0.3) is 0 Å². The lowest BCUT2D eigenvalue weighted by Gasteiger charge is -2.15. The van der Waals surface area contributed by atoms with Crippen LogP contribution in [0.3, 0.4) is 0 Å². The van der Waals surface area contributed by atoms with Gasteiger partial charge in [0.2, 0.25) is 5.91 Å². The van der Waals surface area contributed by atoms with Crippen molar-refractivity contribution < 1.29 is 24.7 Å². The van der Waals surface area contributed by atoms with E-state index in [0.717, 1.165) is 31.7 Å². The van der Waals surface area contributed by atoms with Gasteiger partial charge in [0, 0.05) is 12.0 Å². The zero-order chi connectivity index (χ0) is 26.6. The van der Waals surface area contributed by atoms with Crippen LogP contribution >= 0.6 is 0 Å². The highest BCUT2D eigenvalue weighted by atomic mass is 16.6. The van der Waals surface area contributed by atoms with E-state index in [9.17, 15) is 29.9 Å². The maximum absolute atomic E-state index is 12.6. The molecule has 0 radical (unpaired) electrons. The highest BCUT2D eigenvalue weighted by Crippen LogP contribution is 2.29. The monoisotopic (exact) mass is 506 g/mol. The topological polar surface area (TPSA) is 130 Å². The lowest BCUT2D eigenvalue weighted by molar-refractivity contribution is -0.384. The number of carboxylic acids is 1. The number of nitro benzene ring substituents is 1. The van der Waals surface area contributed by atoms with Crippen LogP contribution in [0.2, 0.25) is 0 Å². The van der Waals surface area contributed by atoms with Crippen molar-refractivity contribution in [2.75, 3.05) is 5.32 Å². The Bertz CT molecular complexity index is 783. The van der Waals surface area contributed by atoms with Gasteiger partial charge in [0.1, 0.15) is 5.75 Å². The second-order valence-electron chi connectivity index (χ2n) is 9.83. The van der Waals surface area contributed by atoms with Gasteiger partial charge < -0.3 is 15.5 Å². The van der Waals surface area contributed by atoms with Gasteiger partial charge in [-0.1, -0.05) is 110 Å². The molecule has 0 heterocycles. The first-order valence-corrected chi connectivity index (χ1v) is 13.8. The number of phenolic OH excluding ortho intramolecular Hbond substituents is 1. The molecule has 0 saturated heterocycles. The zero-order valence-corrected chi connectivity index (χ0v) is 22.0. The number of non-ortho nitro benzene ring substituents is 1. The average Bonchev–Trinajstić information content (AvgIpc) is 2.83.